The molecule has 0 radical (unpaired) electrons. The van der Waals surface area contributed by atoms with E-state index in [-0.39, 0.29) is 5.91 Å². The van der Waals surface area contributed by atoms with Crippen molar-refractivity contribution in [1.82, 2.24) is 9.78 Å². The van der Waals surface area contributed by atoms with E-state index in [9.17, 15) is 4.79 Å². The van der Waals surface area contributed by atoms with Crippen LogP contribution in [0.15, 0.2) is 54.6 Å². The summed E-state index contributed by atoms with van der Waals surface area (Å²) in [5, 5.41) is 4.67. The van der Waals surface area contributed by atoms with Crippen molar-refractivity contribution in [2.45, 2.75) is 13.8 Å². The van der Waals surface area contributed by atoms with Crippen LogP contribution in [-0.2, 0) is 4.79 Å². The van der Waals surface area contributed by atoms with Crippen LogP contribution in [0.25, 0.3) is 17.3 Å². The van der Waals surface area contributed by atoms with Gasteiger partial charge in [-0.1, -0.05) is 36.4 Å². The van der Waals surface area contributed by atoms with E-state index in [1.807, 2.05) is 86.3 Å². The van der Waals surface area contributed by atoms with Crippen LogP contribution in [0.4, 0.5) is 5.69 Å². The molecule has 1 aromatic heterocycles. The van der Waals surface area contributed by atoms with Crippen LogP contribution < -0.4 is 4.90 Å². The molecule has 1 amide bonds. The third-order valence-electron chi connectivity index (χ3n) is 4.73. The quantitative estimate of drug-likeness (QED) is 0.666. The van der Waals surface area contributed by atoms with Crippen LogP contribution in [0.2, 0.25) is 0 Å². The van der Waals surface area contributed by atoms with Crippen molar-refractivity contribution in [1.29, 1.82) is 0 Å². The zero-order valence-electron chi connectivity index (χ0n) is 14.5. The van der Waals surface area contributed by atoms with Gasteiger partial charge in [0, 0.05) is 29.4 Å². The molecular weight excluding hydrogens is 310 g/mol. The first-order chi connectivity index (χ1) is 12.1. The Morgan fingerprint density at radius 2 is 1.64 bits per heavy atom. The van der Waals surface area contributed by atoms with Crippen molar-refractivity contribution in [2.24, 2.45) is 0 Å². The highest BCUT2D eigenvalue weighted by atomic mass is 16.2. The zero-order valence-corrected chi connectivity index (χ0v) is 14.5. The van der Waals surface area contributed by atoms with E-state index in [0.717, 1.165) is 39.5 Å². The molecule has 2 aromatic carbocycles. The second kappa shape index (κ2) is 5.74. The van der Waals surface area contributed by atoms with Crippen molar-refractivity contribution in [3.8, 4) is 5.69 Å². The molecule has 124 valence electrons. The second-order valence-electron chi connectivity index (χ2n) is 6.27. The minimum atomic E-state index is 0.0208. The molecule has 0 saturated heterocycles. The van der Waals surface area contributed by atoms with E-state index < -0.39 is 0 Å². The molecule has 4 rings (SSSR count). The van der Waals surface area contributed by atoms with E-state index in [2.05, 4.69) is 5.10 Å². The number of anilines is 1. The number of hydrogen-bond donors (Lipinski definition) is 0. The number of aromatic nitrogens is 2. The van der Waals surface area contributed by atoms with Crippen LogP contribution in [0, 0.1) is 13.8 Å². The van der Waals surface area contributed by atoms with Gasteiger partial charge in [0.15, 0.2) is 0 Å². The maximum atomic E-state index is 12.7. The summed E-state index contributed by atoms with van der Waals surface area (Å²) in [6.45, 7) is 4.02. The Labute approximate surface area is 147 Å². The first kappa shape index (κ1) is 15.4. The van der Waals surface area contributed by atoms with Gasteiger partial charge in [-0.3, -0.25) is 4.79 Å². The SMILES string of the molecule is Cc1nn(-c2ccccc2)c(C)c1/C=C1\C(=O)N(C)c2ccccc21. The maximum absolute atomic E-state index is 12.7. The summed E-state index contributed by atoms with van der Waals surface area (Å²) in [7, 11) is 1.81. The summed E-state index contributed by atoms with van der Waals surface area (Å²) >= 11 is 0. The molecule has 0 unspecified atom stereocenters. The molecule has 1 aliphatic heterocycles. The Kier molecular flexibility index (Phi) is 3.53. The lowest BCUT2D eigenvalue weighted by atomic mass is 10.0. The third-order valence-corrected chi connectivity index (χ3v) is 4.73. The zero-order chi connectivity index (χ0) is 17.6. The molecule has 2 heterocycles. The number of carbonyl (C=O) groups excluding carboxylic acids is 1. The van der Waals surface area contributed by atoms with Gasteiger partial charge in [0.2, 0.25) is 0 Å². The minimum absolute atomic E-state index is 0.0208. The van der Waals surface area contributed by atoms with Gasteiger partial charge in [-0.05, 0) is 38.1 Å². The molecule has 0 N–H and O–H groups in total. The van der Waals surface area contributed by atoms with Gasteiger partial charge >= 0.3 is 0 Å². The number of aryl methyl sites for hydroxylation is 1. The highest BCUT2D eigenvalue weighted by Crippen LogP contribution is 2.37. The first-order valence-electron chi connectivity index (χ1n) is 8.28. The third kappa shape index (κ3) is 2.38. The van der Waals surface area contributed by atoms with Crippen molar-refractivity contribution >= 4 is 23.2 Å². The van der Waals surface area contributed by atoms with Gasteiger partial charge in [0.05, 0.1) is 17.1 Å². The fraction of sp³-hybridized carbons (Fsp3) is 0.143. The summed E-state index contributed by atoms with van der Waals surface area (Å²) in [6, 6.07) is 17.9. The predicted molar refractivity (Wildman–Crippen MR) is 101 cm³/mol. The molecule has 25 heavy (non-hydrogen) atoms. The van der Waals surface area contributed by atoms with E-state index in [0.29, 0.717) is 0 Å². The maximum Gasteiger partial charge on any atom is 0.258 e. The number of amides is 1. The molecule has 0 bridgehead atoms. The summed E-state index contributed by atoms with van der Waals surface area (Å²) in [6.07, 6.45) is 1.97. The van der Waals surface area contributed by atoms with Crippen LogP contribution in [-0.4, -0.2) is 22.7 Å². The molecule has 4 heteroatoms. The number of likely N-dealkylation sites (N-methyl/N-ethyl adjacent to an activating group) is 1. The van der Waals surface area contributed by atoms with Gasteiger partial charge in [-0.15, -0.1) is 0 Å². The fourth-order valence-electron chi connectivity index (χ4n) is 3.37. The van der Waals surface area contributed by atoms with Crippen LogP contribution in [0.3, 0.4) is 0 Å². The molecular formula is C21H19N3O. The van der Waals surface area contributed by atoms with Crippen LogP contribution >= 0.6 is 0 Å². The Morgan fingerprint density at radius 1 is 0.960 bits per heavy atom. The van der Waals surface area contributed by atoms with E-state index >= 15 is 0 Å². The first-order valence-corrected chi connectivity index (χ1v) is 8.28. The lowest BCUT2D eigenvalue weighted by molar-refractivity contribution is -0.112. The molecule has 0 aliphatic carbocycles. The lowest BCUT2D eigenvalue weighted by Crippen LogP contribution is -2.20. The van der Waals surface area contributed by atoms with Gasteiger partial charge in [-0.25, -0.2) is 4.68 Å². The predicted octanol–water partition coefficient (Wildman–Crippen LogP) is 4.01. The van der Waals surface area contributed by atoms with E-state index in [4.69, 9.17) is 0 Å². The largest absolute Gasteiger partial charge is 0.311 e. The Bertz CT molecular complexity index is 999. The number of rotatable bonds is 2. The molecule has 0 atom stereocenters. The van der Waals surface area contributed by atoms with Gasteiger partial charge in [-0.2, -0.15) is 5.10 Å². The summed E-state index contributed by atoms with van der Waals surface area (Å²) in [4.78, 5) is 14.4. The van der Waals surface area contributed by atoms with Crippen molar-refractivity contribution in [2.75, 3.05) is 11.9 Å². The molecule has 0 spiro atoms. The number of benzene rings is 2. The molecule has 0 saturated carbocycles. The topological polar surface area (TPSA) is 38.1 Å². The van der Waals surface area contributed by atoms with Crippen LogP contribution in [0.1, 0.15) is 22.5 Å². The Balaban J connectivity index is 1.86. The van der Waals surface area contributed by atoms with Gasteiger partial charge in [0.1, 0.15) is 0 Å². The molecule has 0 fully saturated rings. The molecule has 4 nitrogen and oxygen atoms in total. The summed E-state index contributed by atoms with van der Waals surface area (Å²) in [5.74, 6) is 0.0208. The Hall–Kier alpha value is -3.14. The van der Waals surface area contributed by atoms with Crippen molar-refractivity contribution in [3.63, 3.8) is 0 Å². The number of nitrogens with zero attached hydrogens (tertiary/aromatic N) is 3. The number of hydrogen-bond acceptors (Lipinski definition) is 2. The number of para-hydroxylation sites is 2. The summed E-state index contributed by atoms with van der Waals surface area (Å²) < 4.78 is 1.93. The standard InChI is InChI=1S/C21H19N3O/c1-14-18(15(2)24(22-14)16-9-5-4-6-10-16)13-19-17-11-7-8-12-20(17)23(3)21(19)25/h4-13H,1-3H3/b19-13-. The van der Waals surface area contributed by atoms with Crippen molar-refractivity contribution in [3.05, 3.63) is 77.1 Å². The van der Waals surface area contributed by atoms with Crippen molar-refractivity contribution < 1.29 is 4.79 Å². The van der Waals surface area contributed by atoms with E-state index in [1.54, 1.807) is 4.90 Å². The number of fused-ring (bicyclic) bond motifs is 1. The summed E-state index contributed by atoms with van der Waals surface area (Å²) in [5.41, 5.74) is 6.59. The molecule has 1 aliphatic rings. The van der Waals surface area contributed by atoms with Gasteiger partial charge in [0.25, 0.3) is 5.91 Å². The fourth-order valence-corrected chi connectivity index (χ4v) is 3.37. The average Bonchev–Trinajstić information content (AvgIpc) is 3.06. The second-order valence-corrected chi connectivity index (χ2v) is 6.27. The van der Waals surface area contributed by atoms with Gasteiger partial charge < -0.3 is 4.90 Å². The Morgan fingerprint density at radius 3 is 2.40 bits per heavy atom. The average molecular weight is 329 g/mol. The smallest absolute Gasteiger partial charge is 0.258 e. The van der Waals surface area contributed by atoms with Crippen LogP contribution in [0.5, 0.6) is 0 Å². The number of carbonyl (C=O) groups is 1. The van der Waals surface area contributed by atoms with E-state index in [1.165, 1.54) is 0 Å². The lowest BCUT2D eigenvalue weighted by Gasteiger charge is -2.08. The highest BCUT2D eigenvalue weighted by molar-refractivity contribution is 6.35. The minimum Gasteiger partial charge on any atom is -0.311 e. The highest BCUT2D eigenvalue weighted by Gasteiger charge is 2.29. The normalized spacial score (nSPS) is 15.1. The monoisotopic (exact) mass is 329 g/mol. The molecule has 3 aromatic rings.